The molecule has 0 bridgehead atoms. The van der Waals surface area contributed by atoms with E-state index in [4.69, 9.17) is 12.2 Å². The van der Waals surface area contributed by atoms with Crippen molar-refractivity contribution >= 4 is 28.1 Å². The third-order valence-corrected chi connectivity index (χ3v) is 3.41. The second-order valence-electron chi connectivity index (χ2n) is 3.70. The molecule has 1 aromatic heterocycles. The topological polar surface area (TPSA) is 20.7 Å². The van der Waals surface area contributed by atoms with Crippen LogP contribution >= 0.6 is 28.1 Å². The summed E-state index contributed by atoms with van der Waals surface area (Å²) in [5, 5.41) is 0. The van der Waals surface area contributed by atoms with Gasteiger partial charge >= 0.3 is 0 Å². The van der Waals surface area contributed by atoms with E-state index in [0.717, 1.165) is 21.4 Å². The summed E-state index contributed by atoms with van der Waals surface area (Å²) in [6.45, 7) is 4.22. The van der Waals surface area contributed by atoms with Crippen LogP contribution in [0, 0.1) is 11.7 Å². The van der Waals surface area contributed by atoms with Crippen molar-refractivity contribution in [2.45, 2.75) is 20.3 Å². The molecule has 2 aromatic rings. The van der Waals surface area contributed by atoms with Crippen molar-refractivity contribution in [3.05, 3.63) is 44.9 Å². The Morgan fingerprint density at radius 2 is 2.19 bits per heavy atom. The van der Waals surface area contributed by atoms with Crippen molar-refractivity contribution in [3.8, 4) is 5.69 Å². The zero-order chi connectivity index (χ0) is 11.7. The molecule has 0 fully saturated rings. The van der Waals surface area contributed by atoms with Crippen molar-refractivity contribution in [2.75, 3.05) is 0 Å². The summed E-state index contributed by atoms with van der Waals surface area (Å²) in [7, 11) is 0. The standard InChI is InChI=1S/C12H13BrN2S/c1-3-10-7-14-12(16)15(10)11-5-4-9(13)6-8(11)2/h4-7H,3H2,1-2H3,(H,14,16). The molecule has 84 valence electrons. The van der Waals surface area contributed by atoms with Crippen molar-refractivity contribution in [1.82, 2.24) is 9.55 Å². The molecule has 0 unspecified atom stereocenters. The summed E-state index contributed by atoms with van der Waals surface area (Å²) in [5.41, 5.74) is 3.56. The Bertz CT molecular complexity index is 569. The average Bonchev–Trinajstić information content (AvgIpc) is 2.60. The summed E-state index contributed by atoms with van der Waals surface area (Å²) >= 11 is 8.78. The molecule has 4 heteroatoms. The number of aromatic nitrogens is 2. The Balaban J connectivity index is 2.67. The van der Waals surface area contributed by atoms with Gasteiger partial charge in [0.2, 0.25) is 0 Å². The Morgan fingerprint density at radius 3 is 2.81 bits per heavy atom. The van der Waals surface area contributed by atoms with E-state index in [1.165, 1.54) is 11.3 Å². The van der Waals surface area contributed by atoms with Crippen LogP contribution in [-0.4, -0.2) is 9.55 Å². The summed E-state index contributed by atoms with van der Waals surface area (Å²) in [6.07, 6.45) is 2.94. The van der Waals surface area contributed by atoms with Crippen LogP contribution in [0.1, 0.15) is 18.2 Å². The minimum atomic E-state index is 0.752. The maximum Gasteiger partial charge on any atom is 0.182 e. The molecule has 16 heavy (non-hydrogen) atoms. The molecule has 0 amide bonds. The van der Waals surface area contributed by atoms with E-state index in [1.807, 2.05) is 12.3 Å². The number of aromatic amines is 1. The number of halogens is 1. The second-order valence-corrected chi connectivity index (χ2v) is 5.01. The minimum Gasteiger partial charge on any atom is -0.337 e. The lowest BCUT2D eigenvalue weighted by molar-refractivity contribution is 0.914. The number of aryl methyl sites for hydroxylation is 2. The zero-order valence-electron chi connectivity index (χ0n) is 9.25. The molecule has 0 saturated heterocycles. The highest BCUT2D eigenvalue weighted by molar-refractivity contribution is 9.10. The molecule has 0 radical (unpaired) electrons. The summed E-state index contributed by atoms with van der Waals surface area (Å²) in [4.78, 5) is 3.09. The molecule has 1 aromatic carbocycles. The molecule has 1 N–H and O–H groups in total. The number of benzene rings is 1. The third-order valence-electron chi connectivity index (χ3n) is 2.61. The largest absolute Gasteiger partial charge is 0.337 e. The summed E-state index contributed by atoms with van der Waals surface area (Å²) in [5.74, 6) is 0. The van der Waals surface area contributed by atoms with Gasteiger partial charge in [0.1, 0.15) is 0 Å². The molecule has 0 aliphatic heterocycles. The number of hydrogen-bond donors (Lipinski definition) is 1. The minimum absolute atomic E-state index is 0.752. The smallest absolute Gasteiger partial charge is 0.182 e. The lowest BCUT2D eigenvalue weighted by Gasteiger charge is -2.10. The van der Waals surface area contributed by atoms with Crippen molar-refractivity contribution in [1.29, 1.82) is 0 Å². The van der Waals surface area contributed by atoms with E-state index >= 15 is 0 Å². The van der Waals surface area contributed by atoms with E-state index < -0.39 is 0 Å². The normalized spacial score (nSPS) is 10.7. The van der Waals surface area contributed by atoms with Gasteiger partial charge in [0, 0.05) is 16.4 Å². The van der Waals surface area contributed by atoms with E-state index in [-0.39, 0.29) is 0 Å². The molecular weight excluding hydrogens is 284 g/mol. The number of H-pyrrole nitrogens is 1. The number of nitrogens with zero attached hydrogens (tertiary/aromatic N) is 1. The summed E-state index contributed by atoms with van der Waals surface area (Å²) in [6, 6.07) is 6.22. The SMILES string of the molecule is CCc1c[nH]c(=S)n1-c1ccc(Br)cc1C. The molecule has 0 aliphatic rings. The van der Waals surface area contributed by atoms with Gasteiger partial charge in [-0.25, -0.2) is 0 Å². The van der Waals surface area contributed by atoms with Crippen LogP contribution in [0.15, 0.2) is 28.9 Å². The van der Waals surface area contributed by atoms with E-state index in [1.54, 1.807) is 0 Å². The maximum atomic E-state index is 5.31. The molecule has 2 rings (SSSR count). The summed E-state index contributed by atoms with van der Waals surface area (Å²) < 4.78 is 3.94. The molecule has 2 nitrogen and oxygen atoms in total. The highest BCUT2D eigenvalue weighted by Gasteiger charge is 2.07. The molecule has 1 heterocycles. The highest BCUT2D eigenvalue weighted by atomic mass is 79.9. The van der Waals surface area contributed by atoms with E-state index in [9.17, 15) is 0 Å². The van der Waals surface area contributed by atoms with Crippen molar-refractivity contribution in [3.63, 3.8) is 0 Å². The van der Waals surface area contributed by atoms with Crippen molar-refractivity contribution in [2.24, 2.45) is 0 Å². The first-order valence-electron chi connectivity index (χ1n) is 5.19. The highest BCUT2D eigenvalue weighted by Crippen LogP contribution is 2.21. The van der Waals surface area contributed by atoms with Crippen LogP contribution < -0.4 is 0 Å². The number of nitrogens with one attached hydrogen (secondary N) is 1. The second kappa shape index (κ2) is 4.55. The van der Waals surface area contributed by atoms with Gasteiger partial charge in [0.15, 0.2) is 4.77 Å². The van der Waals surface area contributed by atoms with Crippen LogP contribution in [0.4, 0.5) is 0 Å². The third kappa shape index (κ3) is 1.99. The first-order chi connectivity index (χ1) is 7.63. The maximum absolute atomic E-state index is 5.31. The Hall–Kier alpha value is -0.870. The fourth-order valence-corrected chi connectivity index (χ4v) is 2.55. The van der Waals surface area contributed by atoms with Gasteiger partial charge in [-0.1, -0.05) is 22.9 Å². The average molecular weight is 297 g/mol. The quantitative estimate of drug-likeness (QED) is 0.825. The van der Waals surface area contributed by atoms with Gasteiger partial charge in [-0.05, 0) is 49.3 Å². The Kier molecular flexibility index (Phi) is 3.30. The lowest BCUT2D eigenvalue weighted by Crippen LogP contribution is -2.01. The van der Waals surface area contributed by atoms with Gasteiger partial charge in [-0.15, -0.1) is 0 Å². The Labute approximate surface area is 108 Å². The number of imidazole rings is 1. The predicted octanol–water partition coefficient (Wildman–Crippen LogP) is 4.17. The van der Waals surface area contributed by atoms with Gasteiger partial charge in [0.05, 0.1) is 5.69 Å². The predicted molar refractivity (Wildman–Crippen MR) is 72.8 cm³/mol. The fraction of sp³-hybridized carbons (Fsp3) is 0.250. The monoisotopic (exact) mass is 296 g/mol. The van der Waals surface area contributed by atoms with Crippen LogP contribution in [-0.2, 0) is 6.42 Å². The number of hydrogen-bond acceptors (Lipinski definition) is 1. The zero-order valence-corrected chi connectivity index (χ0v) is 11.7. The lowest BCUT2D eigenvalue weighted by atomic mass is 10.2. The van der Waals surface area contributed by atoms with E-state index in [0.29, 0.717) is 0 Å². The first kappa shape index (κ1) is 11.6. The Morgan fingerprint density at radius 1 is 1.44 bits per heavy atom. The number of rotatable bonds is 2. The fourth-order valence-electron chi connectivity index (χ4n) is 1.80. The molecule has 0 aliphatic carbocycles. The van der Waals surface area contributed by atoms with Crippen molar-refractivity contribution < 1.29 is 0 Å². The van der Waals surface area contributed by atoms with Crippen LogP contribution in [0.2, 0.25) is 0 Å². The molecular formula is C12H13BrN2S. The van der Waals surface area contributed by atoms with Crippen LogP contribution in [0.3, 0.4) is 0 Å². The van der Waals surface area contributed by atoms with Crippen LogP contribution in [0.25, 0.3) is 5.69 Å². The van der Waals surface area contributed by atoms with Gasteiger partial charge in [0.25, 0.3) is 0 Å². The molecule has 0 atom stereocenters. The van der Waals surface area contributed by atoms with Gasteiger partial charge in [-0.2, -0.15) is 0 Å². The van der Waals surface area contributed by atoms with E-state index in [2.05, 4.69) is 51.5 Å². The first-order valence-corrected chi connectivity index (χ1v) is 6.39. The van der Waals surface area contributed by atoms with Gasteiger partial charge in [-0.3, -0.25) is 4.57 Å². The van der Waals surface area contributed by atoms with Gasteiger partial charge < -0.3 is 4.98 Å². The molecule has 0 spiro atoms. The molecule has 0 saturated carbocycles. The van der Waals surface area contributed by atoms with Crippen LogP contribution in [0.5, 0.6) is 0 Å².